The van der Waals surface area contributed by atoms with E-state index in [-0.39, 0.29) is 29.9 Å². The molecule has 0 bridgehead atoms. The van der Waals surface area contributed by atoms with E-state index in [9.17, 15) is 19.2 Å². The Morgan fingerprint density at radius 1 is 1.00 bits per heavy atom. The Bertz CT molecular complexity index is 2080. The van der Waals surface area contributed by atoms with Gasteiger partial charge in [-0.1, -0.05) is 19.1 Å². The number of pyridine rings is 1. The van der Waals surface area contributed by atoms with Crippen molar-refractivity contribution in [3.63, 3.8) is 0 Å². The van der Waals surface area contributed by atoms with Gasteiger partial charge in [-0.3, -0.25) is 9.59 Å². The van der Waals surface area contributed by atoms with Gasteiger partial charge in [0.05, 0.1) is 13.7 Å². The second-order valence-corrected chi connectivity index (χ2v) is 15.7. The predicted octanol–water partition coefficient (Wildman–Crippen LogP) is 8.50. The van der Waals surface area contributed by atoms with Crippen molar-refractivity contribution in [3.8, 4) is 27.3 Å². The van der Waals surface area contributed by atoms with Gasteiger partial charge in [-0.15, -0.1) is 11.3 Å². The number of anilines is 1. The lowest BCUT2D eigenvalue weighted by atomic mass is 9.93. The van der Waals surface area contributed by atoms with Crippen LogP contribution in [0.3, 0.4) is 0 Å². The van der Waals surface area contributed by atoms with E-state index in [0.717, 1.165) is 58.4 Å². The van der Waals surface area contributed by atoms with Crippen molar-refractivity contribution in [1.82, 2.24) is 15.2 Å². The van der Waals surface area contributed by atoms with Crippen LogP contribution < -0.4 is 15.4 Å². The zero-order valence-corrected chi connectivity index (χ0v) is 32.8. The number of likely N-dealkylation sites (tertiary alicyclic amines) is 1. The average Bonchev–Trinajstić information content (AvgIpc) is 3.54. The molecule has 2 aliphatic heterocycles. The molecule has 0 aliphatic carbocycles. The van der Waals surface area contributed by atoms with Gasteiger partial charge in [-0.05, 0) is 118 Å². The predicted molar refractivity (Wildman–Crippen MR) is 209 cm³/mol. The molecule has 11 nitrogen and oxygen atoms in total. The highest BCUT2D eigenvalue weighted by Gasteiger charge is 2.31. The molecule has 1 unspecified atom stereocenters. The van der Waals surface area contributed by atoms with Gasteiger partial charge in [-0.25, -0.2) is 14.6 Å². The number of carbonyl (C=O) groups is 4. The molecular weight excluding hydrogens is 705 g/mol. The number of nitrogens with one attached hydrogen (secondary N) is 2. The summed E-state index contributed by atoms with van der Waals surface area (Å²) in [5.74, 6) is -0.791. The molecule has 12 heteroatoms. The van der Waals surface area contributed by atoms with Crippen LogP contribution in [0.25, 0.3) is 21.6 Å². The number of amides is 3. The maximum Gasteiger partial charge on any atom is 0.407 e. The number of alkyl carbamates (subject to hydrolysis) is 1. The van der Waals surface area contributed by atoms with Crippen LogP contribution in [0.4, 0.5) is 10.5 Å². The Labute approximate surface area is 320 Å². The van der Waals surface area contributed by atoms with Crippen molar-refractivity contribution in [2.24, 2.45) is 0 Å². The molecule has 1 atom stereocenters. The van der Waals surface area contributed by atoms with E-state index >= 15 is 0 Å². The first-order valence-corrected chi connectivity index (χ1v) is 19.3. The van der Waals surface area contributed by atoms with Crippen LogP contribution in [0.5, 0.6) is 5.75 Å². The van der Waals surface area contributed by atoms with Crippen LogP contribution in [-0.4, -0.2) is 65.7 Å². The van der Waals surface area contributed by atoms with E-state index in [4.69, 9.17) is 14.2 Å². The smallest absolute Gasteiger partial charge is 0.407 e. The molecule has 2 aliphatic rings. The van der Waals surface area contributed by atoms with Crippen LogP contribution in [0.1, 0.15) is 107 Å². The van der Waals surface area contributed by atoms with Gasteiger partial charge in [0.15, 0.2) is 5.69 Å². The molecule has 0 radical (unpaired) electrons. The molecule has 2 aromatic heterocycles. The standard InChI is InChI=1S/C42H48N4O7S/c1-8-28-11-9-10-16-46(28)39(48)33-13-12-29(36(44-33)40(49)51-7)30-22-34-32(37-27(14-17-52-34)15-18-54-37)21-31(30)38(47)45-35-24(2)19-26(20-25(35)3)23-43-41(50)53-42(4,5)6/h12-13,15,18-22,28H,8-11,14,16-17,23H2,1-7H3,(H,43,50)(H,45,47). The topological polar surface area (TPSA) is 136 Å². The molecular formula is C42H48N4O7S. The number of piperidine rings is 1. The van der Waals surface area contributed by atoms with Crippen molar-refractivity contribution in [1.29, 1.82) is 0 Å². The summed E-state index contributed by atoms with van der Waals surface area (Å²) < 4.78 is 16.8. The lowest BCUT2D eigenvalue weighted by Crippen LogP contribution is -2.43. The number of aryl methyl sites for hydroxylation is 2. The summed E-state index contributed by atoms with van der Waals surface area (Å²) in [5, 5.41) is 7.95. The number of hydrogen-bond donors (Lipinski definition) is 2. The van der Waals surface area contributed by atoms with E-state index in [1.165, 1.54) is 7.11 Å². The number of carbonyl (C=O) groups excluding carboxylic acids is 4. The van der Waals surface area contributed by atoms with Crippen molar-refractivity contribution in [2.45, 2.75) is 91.8 Å². The third-order valence-corrected chi connectivity index (χ3v) is 10.8. The average molecular weight is 753 g/mol. The fourth-order valence-electron chi connectivity index (χ4n) is 7.24. The molecule has 4 heterocycles. The summed E-state index contributed by atoms with van der Waals surface area (Å²) in [6, 6.07) is 12.9. The minimum Gasteiger partial charge on any atom is -0.493 e. The molecule has 1 fully saturated rings. The van der Waals surface area contributed by atoms with Crippen LogP contribution in [0.15, 0.2) is 47.8 Å². The molecule has 3 amide bonds. The second-order valence-electron chi connectivity index (χ2n) is 14.8. The molecule has 0 spiro atoms. The van der Waals surface area contributed by atoms with E-state index < -0.39 is 23.6 Å². The number of thiophene rings is 1. The SMILES string of the molecule is CCC1CCCCN1C(=O)c1ccc(-c2cc3c(cc2C(=O)Nc2c(C)cc(CNC(=O)OC(C)(C)C)cc2C)-c2sccc2CCO3)c(C(=O)OC)n1. The number of hydrogen-bond acceptors (Lipinski definition) is 9. The highest BCUT2D eigenvalue weighted by atomic mass is 32.1. The fourth-order valence-corrected chi connectivity index (χ4v) is 8.21. The van der Waals surface area contributed by atoms with Gasteiger partial charge >= 0.3 is 12.1 Å². The Hall–Kier alpha value is -5.23. The normalized spacial score (nSPS) is 15.2. The van der Waals surface area contributed by atoms with Crippen molar-refractivity contribution in [2.75, 3.05) is 25.6 Å². The third kappa shape index (κ3) is 8.28. The molecule has 4 aromatic rings. The molecule has 1 saturated heterocycles. The number of fused-ring (bicyclic) bond motifs is 3. The van der Waals surface area contributed by atoms with Crippen molar-refractivity contribution in [3.05, 3.63) is 87.0 Å². The summed E-state index contributed by atoms with van der Waals surface area (Å²) in [7, 11) is 1.27. The van der Waals surface area contributed by atoms with Gasteiger partial charge < -0.3 is 29.7 Å². The van der Waals surface area contributed by atoms with E-state index in [0.29, 0.717) is 47.7 Å². The summed E-state index contributed by atoms with van der Waals surface area (Å²) in [4.78, 5) is 61.6. The zero-order valence-electron chi connectivity index (χ0n) is 32.0. The molecule has 54 heavy (non-hydrogen) atoms. The summed E-state index contributed by atoms with van der Waals surface area (Å²) in [5.41, 5.74) is 5.48. The number of benzene rings is 2. The number of ether oxygens (including phenoxy) is 3. The number of rotatable bonds is 8. The monoisotopic (exact) mass is 752 g/mol. The van der Waals surface area contributed by atoms with Gasteiger partial charge in [0.25, 0.3) is 11.8 Å². The number of methoxy groups -OCH3 is 1. The molecule has 2 N–H and O–H groups in total. The Morgan fingerprint density at radius 2 is 1.76 bits per heavy atom. The lowest BCUT2D eigenvalue weighted by molar-refractivity contribution is 0.0521. The Balaban J connectivity index is 1.40. The maximum absolute atomic E-state index is 14.5. The largest absolute Gasteiger partial charge is 0.493 e. The van der Waals surface area contributed by atoms with E-state index in [1.54, 1.807) is 50.3 Å². The van der Waals surface area contributed by atoms with Gasteiger partial charge in [0.2, 0.25) is 0 Å². The minimum absolute atomic E-state index is 0.0676. The van der Waals surface area contributed by atoms with Crippen molar-refractivity contribution < 1.29 is 33.4 Å². The first-order valence-electron chi connectivity index (χ1n) is 18.4. The lowest BCUT2D eigenvalue weighted by Gasteiger charge is -2.35. The number of esters is 1. The van der Waals surface area contributed by atoms with Crippen LogP contribution in [-0.2, 0) is 22.4 Å². The highest BCUT2D eigenvalue weighted by Crippen LogP contribution is 2.43. The van der Waals surface area contributed by atoms with Gasteiger partial charge in [0.1, 0.15) is 17.0 Å². The molecule has 2 aromatic carbocycles. The zero-order chi connectivity index (χ0) is 38.7. The minimum atomic E-state index is -0.727. The van der Waals surface area contributed by atoms with Crippen LogP contribution in [0.2, 0.25) is 0 Å². The Morgan fingerprint density at radius 3 is 2.46 bits per heavy atom. The highest BCUT2D eigenvalue weighted by molar-refractivity contribution is 7.13. The van der Waals surface area contributed by atoms with Gasteiger partial charge in [-0.2, -0.15) is 0 Å². The summed E-state index contributed by atoms with van der Waals surface area (Å²) in [6.07, 6.45) is 3.92. The van der Waals surface area contributed by atoms with Crippen molar-refractivity contribution >= 4 is 40.9 Å². The van der Waals surface area contributed by atoms with Crippen LogP contribution in [0, 0.1) is 13.8 Å². The first-order chi connectivity index (χ1) is 25.8. The number of nitrogens with zero attached hydrogens (tertiary/aromatic N) is 2. The van der Waals surface area contributed by atoms with E-state index in [2.05, 4.69) is 28.6 Å². The quantitative estimate of drug-likeness (QED) is 0.171. The first kappa shape index (κ1) is 38.5. The maximum atomic E-state index is 14.5. The van der Waals surface area contributed by atoms with Gasteiger partial charge in [0, 0.05) is 58.4 Å². The number of aromatic nitrogens is 1. The fraction of sp³-hybridized carbons (Fsp3) is 0.405. The molecule has 0 saturated carbocycles. The summed E-state index contributed by atoms with van der Waals surface area (Å²) >= 11 is 1.58. The molecule has 284 valence electrons. The van der Waals surface area contributed by atoms with Crippen LogP contribution >= 0.6 is 11.3 Å². The molecule has 6 rings (SSSR count). The Kier molecular flexibility index (Phi) is 11.4. The second kappa shape index (κ2) is 16.0. The summed E-state index contributed by atoms with van der Waals surface area (Å²) in [6.45, 7) is 12.6. The van der Waals surface area contributed by atoms with E-state index in [1.807, 2.05) is 42.3 Å². The third-order valence-electron chi connectivity index (χ3n) is 9.79.